The van der Waals surface area contributed by atoms with Gasteiger partial charge in [-0.15, -0.1) is 0 Å². The highest BCUT2D eigenvalue weighted by atomic mass is 16.1. The number of hydrogen-bond donors (Lipinski definition) is 2. The van der Waals surface area contributed by atoms with Crippen LogP contribution in [0.4, 0.5) is 5.82 Å². The summed E-state index contributed by atoms with van der Waals surface area (Å²) in [5, 5.41) is 15.2. The van der Waals surface area contributed by atoms with Crippen molar-refractivity contribution in [2.24, 2.45) is 0 Å². The second-order valence-corrected chi connectivity index (χ2v) is 6.96. The molecule has 8 heteroatoms. The van der Waals surface area contributed by atoms with Gasteiger partial charge in [-0.2, -0.15) is 10.2 Å². The minimum atomic E-state index is -0.264. The van der Waals surface area contributed by atoms with E-state index in [0.717, 1.165) is 24.5 Å². The normalized spacial score (nSPS) is 14.2. The van der Waals surface area contributed by atoms with Crippen LogP contribution in [0.1, 0.15) is 27.5 Å². The average molecular weight is 373 g/mol. The highest BCUT2D eigenvalue weighted by Gasteiger charge is 2.25. The minimum Gasteiger partial charge on any atom is -0.315 e. The fourth-order valence-electron chi connectivity index (χ4n) is 3.24. The second kappa shape index (κ2) is 6.58. The Hall–Kier alpha value is -3.52. The number of aromatic nitrogens is 5. The smallest absolute Gasteiger partial charge is 0.262 e. The lowest BCUT2D eigenvalue weighted by molar-refractivity contribution is 0.102. The van der Waals surface area contributed by atoms with E-state index in [2.05, 4.69) is 20.7 Å². The fourth-order valence-corrected chi connectivity index (χ4v) is 3.24. The van der Waals surface area contributed by atoms with E-state index in [9.17, 15) is 4.79 Å². The molecular weight excluding hydrogens is 354 g/mol. The zero-order valence-electron chi connectivity index (χ0n) is 15.3. The Morgan fingerprint density at radius 3 is 2.82 bits per heavy atom. The zero-order chi connectivity index (χ0) is 19.1. The first kappa shape index (κ1) is 16.6. The van der Waals surface area contributed by atoms with Crippen LogP contribution in [0.3, 0.4) is 0 Å². The Morgan fingerprint density at radius 1 is 1.25 bits per heavy atom. The first-order valence-electron chi connectivity index (χ1n) is 9.16. The Labute approximate surface area is 161 Å². The van der Waals surface area contributed by atoms with Crippen LogP contribution in [0, 0.1) is 6.92 Å². The molecule has 2 N–H and O–H groups in total. The molecule has 1 aliphatic rings. The van der Waals surface area contributed by atoms with Crippen molar-refractivity contribution >= 4 is 17.4 Å². The lowest BCUT2D eigenvalue weighted by Crippen LogP contribution is -2.40. The number of fused-ring (bicyclic) bond motifs is 1. The molecule has 140 valence electrons. The number of carbonyl (C=O) groups is 1. The number of hydrogen-bond acceptors (Lipinski definition) is 5. The van der Waals surface area contributed by atoms with Crippen molar-refractivity contribution in [2.75, 3.05) is 18.4 Å². The van der Waals surface area contributed by atoms with Crippen LogP contribution >= 0.6 is 0 Å². The van der Waals surface area contributed by atoms with Crippen molar-refractivity contribution in [2.45, 2.75) is 12.8 Å². The summed E-state index contributed by atoms with van der Waals surface area (Å²) in [6, 6.07) is 11.8. The van der Waals surface area contributed by atoms with Gasteiger partial charge in [0.25, 0.3) is 5.91 Å². The van der Waals surface area contributed by atoms with Gasteiger partial charge in [-0.1, -0.05) is 17.7 Å². The predicted octanol–water partition coefficient (Wildman–Crippen LogP) is 2.16. The van der Waals surface area contributed by atoms with E-state index in [1.165, 1.54) is 11.8 Å². The first-order chi connectivity index (χ1) is 13.7. The quantitative estimate of drug-likeness (QED) is 0.572. The second-order valence-electron chi connectivity index (χ2n) is 6.96. The van der Waals surface area contributed by atoms with E-state index >= 15 is 0 Å². The molecular formula is C20H19N7O. The summed E-state index contributed by atoms with van der Waals surface area (Å²) in [4.78, 5) is 17.2. The third-order valence-corrected chi connectivity index (χ3v) is 4.97. The number of nitrogens with zero attached hydrogens (tertiary/aromatic N) is 5. The van der Waals surface area contributed by atoms with E-state index in [1.54, 1.807) is 27.7 Å². The van der Waals surface area contributed by atoms with Crippen molar-refractivity contribution in [3.8, 4) is 5.69 Å². The van der Waals surface area contributed by atoms with Crippen LogP contribution in [-0.4, -0.2) is 43.4 Å². The highest BCUT2D eigenvalue weighted by Crippen LogP contribution is 2.25. The number of rotatable bonds is 4. The maximum atomic E-state index is 12.9. The molecule has 1 fully saturated rings. The van der Waals surface area contributed by atoms with E-state index in [0.29, 0.717) is 22.9 Å². The zero-order valence-corrected chi connectivity index (χ0v) is 15.3. The average Bonchev–Trinajstić information content (AvgIpc) is 3.25. The van der Waals surface area contributed by atoms with Crippen molar-refractivity contribution in [3.05, 3.63) is 71.8 Å². The van der Waals surface area contributed by atoms with Crippen LogP contribution in [0.25, 0.3) is 11.3 Å². The number of nitrogens with one attached hydrogen (secondary N) is 2. The van der Waals surface area contributed by atoms with Crippen LogP contribution in [0.2, 0.25) is 0 Å². The van der Waals surface area contributed by atoms with E-state index < -0.39 is 0 Å². The molecule has 4 aromatic rings. The van der Waals surface area contributed by atoms with Crippen LogP contribution in [-0.2, 0) is 0 Å². The SMILES string of the molecule is Cc1ccc(-n2nc(C3CNC3)cc2NC(=O)c2cnn3cccnc23)cc1. The van der Waals surface area contributed by atoms with Gasteiger partial charge in [0.1, 0.15) is 11.4 Å². The third kappa shape index (κ3) is 2.84. The number of carbonyl (C=O) groups excluding carboxylic acids is 1. The van der Waals surface area contributed by atoms with E-state index in [4.69, 9.17) is 5.10 Å². The lowest BCUT2D eigenvalue weighted by Gasteiger charge is -2.24. The topological polar surface area (TPSA) is 89.1 Å². The van der Waals surface area contributed by atoms with Gasteiger partial charge in [0.2, 0.25) is 0 Å². The standard InChI is InChI=1S/C20H19N7O/c1-13-3-5-15(6-4-13)27-18(9-17(25-27)14-10-21-11-14)24-20(28)16-12-23-26-8-2-7-22-19(16)26/h2-9,12,14,21H,10-11H2,1H3,(H,24,28). The molecule has 4 heterocycles. The number of benzene rings is 1. The van der Waals surface area contributed by atoms with Gasteiger partial charge in [0.05, 0.1) is 17.6 Å². The molecule has 0 saturated carbocycles. The first-order valence-corrected chi connectivity index (χ1v) is 9.16. The minimum absolute atomic E-state index is 0.264. The molecule has 3 aromatic heterocycles. The number of aryl methyl sites for hydroxylation is 1. The molecule has 0 bridgehead atoms. The summed E-state index contributed by atoms with van der Waals surface area (Å²) >= 11 is 0. The molecule has 8 nitrogen and oxygen atoms in total. The lowest BCUT2D eigenvalue weighted by atomic mass is 10.00. The molecule has 0 radical (unpaired) electrons. The van der Waals surface area contributed by atoms with Crippen LogP contribution in [0.5, 0.6) is 0 Å². The highest BCUT2D eigenvalue weighted by molar-refractivity contribution is 6.07. The van der Waals surface area contributed by atoms with E-state index in [1.807, 2.05) is 37.3 Å². The van der Waals surface area contributed by atoms with Gasteiger partial charge >= 0.3 is 0 Å². The molecule has 1 saturated heterocycles. The Balaban J connectivity index is 1.52. The summed E-state index contributed by atoms with van der Waals surface area (Å²) in [5.41, 5.74) is 3.97. The maximum Gasteiger partial charge on any atom is 0.262 e. The largest absolute Gasteiger partial charge is 0.315 e. The van der Waals surface area contributed by atoms with Gasteiger partial charge in [0.15, 0.2) is 5.65 Å². The number of anilines is 1. The van der Waals surface area contributed by atoms with Gasteiger partial charge in [-0.25, -0.2) is 14.2 Å². The Bertz CT molecular complexity index is 1150. The molecule has 1 aromatic carbocycles. The molecule has 1 aliphatic heterocycles. The summed E-state index contributed by atoms with van der Waals surface area (Å²) in [6.07, 6.45) is 4.93. The van der Waals surface area contributed by atoms with Gasteiger partial charge in [0, 0.05) is 37.5 Å². The maximum absolute atomic E-state index is 12.9. The van der Waals surface area contributed by atoms with Gasteiger partial charge in [-0.05, 0) is 25.1 Å². The van der Waals surface area contributed by atoms with E-state index in [-0.39, 0.29) is 5.91 Å². The van der Waals surface area contributed by atoms with Crippen molar-refractivity contribution in [3.63, 3.8) is 0 Å². The third-order valence-electron chi connectivity index (χ3n) is 4.97. The number of amides is 1. The molecule has 0 spiro atoms. The molecule has 28 heavy (non-hydrogen) atoms. The molecule has 0 unspecified atom stereocenters. The molecule has 0 atom stereocenters. The fraction of sp³-hybridized carbons (Fsp3) is 0.200. The molecule has 5 rings (SSSR count). The van der Waals surface area contributed by atoms with Gasteiger partial charge in [-0.3, -0.25) is 4.79 Å². The van der Waals surface area contributed by atoms with Gasteiger partial charge < -0.3 is 10.6 Å². The predicted molar refractivity (Wildman–Crippen MR) is 105 cm³/mol. The monoisotopic (exact) mass is 373 g/mol. The molecule has 1 amide bonds. The molecule has 0 aliphatic carbocycles. The van der Waals surface area contributed by atoms with Crippen molar-refractivity contribution < 1.29 is 4.79 Å². The summed E-state index contributed by atoms with van der Waals surface area (Å²) in [6.45, 7) is 3.84. The van der Waals surface area contributed by atoms with Crippen molar-refractivity contribution in [1.29, 1.82) is 0 Å². The van der Waals surface area contributed by atoms with Crippen LogP contribution in [0.15, 0.2) is 55.0 Å². The summed E-state index contributed by atoms with van der Waals surface area (Å²) in [7, 11) is 0. The Morgan fingerprint density at radius 2 is 2.07 bits per heavy atom. The summed E-state index contributed by atoms with van der Waals surface area (Å²) < 4.78 is 3.36. The Kier molecular flexibility index (Phi) is 3.91. The van der Waals surface area contributed by atoms with Crippen molar-refractivity contribution in [1.82, 2.24) is 29.7 Å². The summed E-state index contributed by atoms with van der Waals surface area (Å²) in [5.74, 6) is 0.729. The van der Waals surface area contributed by atoms with Crippen LogP contribution < -0.4 is 10.6 Å².